The highest BCUT2D eigenvalue weighted by Crippen LogP contribution is 2.36. The fourth-order valence-corrected chi connectivity index (χ4v) is 8.76. The molecule has 0 saturated heterocycles. The number of nitrogens with zero attached hydrogens (tertiary/aromatic N) is 2. The van der Waals surface area contributed by atoms with E-state index in [9.17, 15) is 9.59 Å². The number of thiazole rings is 1. The van der Waals surface area contributed by atoms with Crippen LogP contribution in [0.5, 0.6) is 11.5 Å². The maximum absolute atomic E-state index is 14.2. The number of benzene rings is 4. The van der Waals surface area contributed by atoms with Crippen molar-refractivity contribution in [3.8, 4) is 11.5 Å². The van der Waals surface area contributed by atoms with Crippen LogP contribution in [0.1, 0.15) is 50.4 Å². The van der Waals surface area contributed by atoms with E-state index >= 15 is 0 Å². The number of halogens is 2. The van der Waals surface area contributed by atoms with Crippen LogP contribution in [0, 0.1) is 7.14 Å². The Morgan fingerprint density at radius 3 is 2.43 bits per heavy atom. The van der Waals surface area contributed by atoms with Crippen molar-refractivity contribution in [2.24, 2.45) is 4.99 Å². The lowest BCUT2D eigenvalue weighted by Gasteiger charge is -2.26. The Kier molecular flexibility index (Phi) is 10.2. The molecule has 0 unspecified atom stereocenters. The van der Waals surface area contributed by atoms with Crippen LogP contribution in [0.4, 0.5) is 0 Å². The van der Waals surface area contributed by atoms with Crippen molar-refractivity contribution in [3.63, 3.8) is 0 Å². The summed E-state index contributed by atoms with van der Waals surface area (Å²) in [6.45, 7) is 8.07. The van der Waals surface area contributed by atoms with Crippen LogP contribution in [0.15, 0.2) is 99.9 Å². The number of carbonyl (C=O) groups is 1. The van der Waals surface area contributed by atoms with E-state index in [-0.39, 0.29) is 18.3 Å². The minimum Gasteiger partial charge on any atom is -0.491 e. The van der Waals surface area contributed by atoms with Crippen molar-refractivity contribution in [2.45, 2.75) is 46.4 Å². The van der Waals surface area contributed by atoms with Gasteiger partial charge < -0.3 is 14.2 Å². The summed E-state index contributed by atoms with van der Waals surface area (Å²) in [5, 5.41) is 2.37. The Bertz CT molecular complexity index is 2200. The Morgan fingerprint density at radius 2 is 1.70 bits per heavy atom. The summed E-state index contributed by atoms with van der Waals surface area (Å²) in [4.78, 5) is 32.8. The third kappa shape index (κ3) is 7.05. The van der Waals surface area contributed by atoms with Crippen molar-refractivity contribution in [2.75, 3.05) is 6.61 Å². The fraction of sp³-hybridized carbons (Fsp3) is 0.216. The van der Waals surface area contributed by atoms with Crippen molar-refractivity contribution in [3.05, 3.63) is 134 Å². The van der Waals surface area contributed by atoms with Crippen molar-refractivity contribution in [1.29, 1.82) is 0 Å². The van der Waals surface area contributed by atoms with Gasteiger partial charge in [0.25, 0.3) is 5.56 Å². The van der Waals surface area contributed by atoms with Crippen molar-refractivity contribution >= 4 is 79.3 Å². The normalized spacial score (nSPS) is 14.7. The first-order chi connectivity index (χ1) is 22.6. The summed E-state index contributed by atoms with van der Waals surface area (Å²) in [5.74, 6) is 0.896. The molecule has 0 radical (unpaired) electrons. The Balaban J connectivity index is 1.38. The van der Waals surface area contributed by atoms with E-state index in [2.05, 4.69) is 75.5 Å². The monoisotopic (exact) mass is 870 g/mol. The molecule has 1 atom stereocenters. The van der Waals surface area contributed by atoms with Gasteiger partial charge in [0, 0.05) is 5.56 Å². The highest BCUT2D eigenvalue weighted by atomic mass is 127. The zero-order chi connectivity index (χ0) is 33.2. The van der Waals surface area contributed by atoms with E-state index in [1.54, 1.807) is 18.4 Å². The number of ether oxygens (including phenoxy) is 3. The van der Waals surface area contributed by atoms with Gasteiger partial charge in [-0.25, -0.2) is 9.79 Å². The summed E-state index contributed by atoms with van der Waals surface area (Å²) in [5.41, 5.74) is 3.24. The number of hydrogen-bond donors (Lipinski definition) is 0. The third-order valence-corrected chi connectivity index (χ3v) is 10.2. The molecule has 10 heteroatoms. The molecule has 240 valence electrons. The highest BCUT2D eigenvalue weighted by Gasteiger charge is 2.35. The topological polar surface area (TPSA) is 79.1 Å². The molecule has 0 N–H and O–H groups in total. The number of fused-ring (bicyclic) bond motifs is 2. The second-order valence-corrected chi connectivity index (χ2v) is 14.6. The largest absolute Gasteiger partial charge is 0.491 e. The molecule has 0 amide bonds. The summed E-state index contributed by atoms with van der Waals surface area (Å²) in [6, 6.07) is 25.4. The van der Waals surface area contributed by atoms with E-state index in [0.717, 1.165) is 24.0 Å². The van der Waals surface area contributed by atoms with Crippen molar-refractivity contribution in [1.82, 2.24) is 4.57 Å². The molecule has 1 aliphatic heterocycles. The molecule has 5 aromatic rings. The van der Waals surface area contributed by atoms with Crippen LogP contribution in [-0.2, 0) is 16.1 Å². The van der Waals surface area contributed by atoms with Gasteiger partial charge in [-0.1, -0.05) is 65.9 Å². The lowest BCUT2D eigenvalue weighted by Crippen LogP contribution is -2.40. The molecule has 0 aliphatic carbocycles. The first kappa shape index (κ1) is 33.4. The molecule has 4 aromatic carbocycles. The smallest absolute Gasteiger partial charge is 0.338 e. The molecule has 0 saturated carbocycles. The minimum absolute atomic E-state index is 0.104. The second-order valence-electron chi connectivity index (χ2n) is 11.3. The zero-order valence-corrected chi connectivity index (χ0v) is 31.4. The van der Waals surface area contributed by atoms with Gasteiger partial charge in [-0.2, -0.15) is 0 Å². The maximum atomic E-state index is 14.2. The van der Waals surface area contributed by atoms with Crippen LogP contribution in [0.3, 0.4) is 0 Å². The Morgan fingerprint density at radius 1 is 1.00 bits per heavy atom. The molecule has 2 heterocycles. The molecule has 7 nitrogen and oxygen atoms in total. The highest BCUT2D eigenvalue weighted by molar-refractivity contribution is 14.1. The Hall–Kier alpha value is -3.49. The van der Waals surface area contributed by atoms with E-state index in [4.69, 9.17) is 19.2 Å². The molecular weight excluding hydrogens is 838 g/mol. The van der Waals surface area contributed by atoms with Gasteiger partial charge >= 0.3 is 5.97 Å². The molecule has 1 aromatic heterocycles. The van der Waals surface area contributed by atoms with Gasteiger partial charge in [0.15, 0.2) is 4.80 Å². The minimum atomic E-state index is -0.756. The van der Waals surface area contributed by atoms with E-state index in [1.165, 1.54) is 22.1 Å². The van der Waals surface area contributed by atoms with Crippen LogP contribution >= 0.6 is 56.5 Å². The number of carbonyl (C=O) groups excluding carboxylic acids is 1. The first-order valence-corrected chi connectivity index (χ1v) is 18.2. The van der Waals surface area contributed by atoms with Crippen LogP contribution < -0.4 is 24.4 Å². The van der Waals surface area contributed by atoms with E-state index in [0.29, 0.717) is 38.5 Å². The van der Waals surface area contributed by atoms with Crippen LogP contribution in [0.2, 0.25) is 0 Å². The van der Waals surface area contributed by atoms with E-state index < -0.39 is 12.0 Å². The maximum Gasteiger partial charge on any atom is 0.338 e. The number of esters is 1. The quantitative estimate of drug-likeness (QED) is 0.113. The molecular formula is C37H32I2N2O5S. The molecule has 0 fully saturated rings. The fourth-order valence-electron chi connectivity index (χ4n) is 5.59. The predicted octanol–water partition coefficient (Wildman–Crippen LogP) is 7.53. The number of rotatable bonds is 9. The average molecular weight is 871 g/mol. The van der Waals surface area contributed by atoms with Gasteiger partial charge in [-0.05, 0) is 125 Å². The summed E-state index contributed by atoms with van der Waals surface area (Å²) in [6.07, 6.45) is 1.77. The van der Waals surface area contributed by atoms with Gasteiger partial charge in [0.2, 0.25) is 0 Å². The van der Waals surface area contributed by atoms with E-state index in [1.807, 2.05) is 68.5 Å². The lowest BCUT2D eigenvalue weighted by molar-refractivity contribution is -0.139. The number of allylic oxidation sites excluding steroid dienone is 1. The number of hydrogen-bond acceptors (Lipinski definition) is 7. The molecule has 47 heavy (non-hydrogen) atoms. The summed E-state index contributed by atoms with van der Waals surface area (Å²) >= 11 is 5.86. The molecule has 1 aliphatic rings. The molecule has 0 bridgehead atoms. The standard InChI is InChI=1S/C37H32I2N2O5S/c1-5-44-36(43)32-22(4)40-37-41(33(32)27-12-8-9-13-30(27)46-21(2)3)35(42)31(47-37)19-24-17-28(38)34(29(39)18-24)45-20-23-14-15-25-10-6-7-11-26(25)16-23/h6-19,21,33H,5,20H2,1-4H3/b31-19+/t33-/m1/s1. The average Bonchev–Trinajstić information content (AvgIpc) is 3.33. The first-order valence-electron chi connectivity index (χ1n) is 15.2. The zero-order valence-electron chi connectivity index (χ0n) is 26.3. The third-order valence-electron chi connectivity index (χ3n) is 7.61. The molecule has 6 rings (SSSR count). The van der Waals surface area contributed by atoms with Crippen LogP contribution in [0.25, 0.3) is 16.8 Å². The second kappa shape index (κ2) is 14.3. The SMILES string of the molecule is CCOC(=O)C1=C(C)N=c2s/c(=C/c3cc(I)c(OCc4ccc5ccccc5c4)c(I)c3)c(=O)n2[C@@H]1c1ccccc1OC(C)C. The van der Waals surface area contributed by atoms with Gasteiger partial charge in [0.05, 0.1) is 35.7 Å². The van der Waals surface area contributed by atoms with Crippen molar-refractivity contribution < 1.29 is 19.0 Å². The van der Waals surface area contributed by atoms with Crippen LogP contribution in [-0.4, -0.2) is 23.2 Å². The summed E-state index contributed by atoms with van der Waals surface area (Å²) < 4.78 is 21.9. The number of aromatic nitrogens is 1. The number of para-hydroxylation sites is 1. The lowest BCUT2D eigenvalue weighted by atomic mass is 9.95. The van der Waals surface area contributed by atoms with Gasteiger partial charge in [-0.3, -0.25) is 9.36 Å². The van der Waals surface area contributed by atoms with Gasteiger partial charge in [0.1, 0.15) is 24.1 Å². The summed E-state index contributed by atoms with van der Waals surface area (Å²) in [7, 11) is 0. The molecule has 0 spiro atoms. The Labute approximate surface area is 303 Å². The van der Waals surface area contributed by atoms with Gasteiger partial charge in [-0.15, -0.1) is 0 Å². The predicted molar refractivity (Wildman–Crippen MR) is 203 cm³/mol.